The smallest absolute Gasteiger partial charge is 0.256 e. The van der Waals surface area contributed by atoms with Crippen LogP contribution >= 0.6 is 11.6 Å². The van der Waals surface area contributed by atoms with Crippen molar-refractivity contribution in [3.8, 4) is 22.6 Å². The maximum atomic E-state index is 13.4. The number of aryl methyl sites for hydroxylation is 1. The molecule has 2 aliphatic heterocycles. The summed E-state index contributed by atoms with van der Waals surface area (Å²) in [6.45, 7) is 8.83. The second-order valence-corrected chi connectivity index (χ2v) is 9.96. The lowest BCUT2D eigenvalue weighted by Gasteiger charge is -2.49. The Labute approximate surface area is 199 Å². The van der Waals surface area contributed by atoms with E-state index in [0.29, 0.717) is 29.5 Å². The molecule has 1 N–H and O–H groups in total. The summed E-state index contributed by atoms with van der Waals surface area (Å²) in [5, 5.41) is 0.297. The number of halogens is 1. The van der Waals surface area contributed by atoms with Gasteiger partial charge in [-0.05, 0) is 39.3 Å². The van der Waals surface area contributed by atoms with E-state index in [1.54, 1.807) is 0 Å². The van der Waals surface area contributed by atoms with Crippen molar-refractivity contribution in [2.45, 2.75) is 45.6 Å². The maximum absolute atomic E-state index is 13.4. The van der Waals surface area contributed by atoms with Gasteiger partial charge in [-0.15, -0.1) is 0 Å². The van der Waals surface area contributed by atoms with E-state index >= 15 is 0 Å². The van der Waals surface area contributed by atoms with Crippen molar-refractivity contribution in [2.75, 3.05) is 6.61 Å². The van der Waals surface area contributed by atoms with Gasteiger partial charge in [-0.25, -0.2) is 0 Å². The Morgan fingerprint density at radius 3 is 2.64 bits per heavy atom. The average molecular weight is 462 g/mol. The average Bonchev–Trinajstić information content (AvgIpc) is 2.78. The molecule has 0 spiro atoms. The van der Waals surface area contributed by atoms with Gasteiger partial charge < -0.3 is 14.5 Å². The third-order valence-electron chi connectivity index (χ3n) is 6.92. The molecule has 0 aliphatic carbocycles. The summed E-state index contributed by atoms with van der Waals surface area (Å²) in [6, 6.07) is 16.1. The van der Waals surface area contributed by atoms with Crippen LogP contribution in [-0.4, -0.2) is 17.2 Å². The van der Waals surface area contributed by atoms with E-state index in [4.69, 9.17) is 21.1 Å². The zero-order valence-corrected chi connectivity index (χ0v) is 20.1. The maximum Gasteiger partial charge on any atom is 0.256 e. The highest BCUT2D eigenvalue weighted by atomic mass is 35.5. The Hall–Kier alpha value is -2.98. The topological polar surface area (TPSA) is 51.3 Å². The minimum absolute atomic E-state index is 0.0244. The molecule has 3 aromatic rings. The minimum Gasteiger partial charge on any atom is -0.493 e. The van der Waals surface area contributed by atoms with Crippen LogP contribution < -0.4 is 15.0 Å². The first-order chi connectivity index (χ1) is 15.8. The van der Waals surface area contributed by atoms with Gasteiger partial charge in [0.2, 0.25) is 0 Å². The number of para-hydroxylation sites is 1. The summed E-state index contributed by atoms with van der Waals surface area (Å²) in [5.41, 5.74) is 4.90. The van der Waals surface area contributed by atoms with Gasteiger partial charge >= 0.3 is 0 Å². The fourth-order valence-electron chi connectivity index (χ4n) is 5.09. The molecular weight excluding hydrogens is 434 g/mol. The van der Waals surface area contributed by atoms with E-state index in [9.17, 15) is 4.79 Å². The Balaban J connectivity index is 1.80. The predicted molar refractivity (Wildman–Crippen MR) is 133 cm³/mol. The van der Waals surface area contributed by atoms with Gasteiger partial charge in [-0.1, -0.05) is 71.3 Å². The van der Waals surface area contributed by atoms with Gasteiger partial charge in [0.15, 0.2) is 0 Å². The molecule has 0 bridgehead atoms. The van der Waals surface area contributed by atoms with Crippen molar-refractivity contribution in [3.63, 3.8) is 0 Å². The minimum atomic E-state index is -0.570. The van der Waals surface area contributed by atoms with E-state index in [1.807, 2.05) is 49.4 Å². The van der Waals surface area contributed by atoms with Crippen molar-refractivity contribution in [2.24, 2.45) is 5.92 Å². The van der Waals surface area contributed by atoms with Crippen LogP contribution in [0.2, 0.25) is 5.15 Å². The van der Waals surface area contributed by atoms with Gasteiger partial charge in [0, 0.05) is 23.8 Å². The molecule has 2 aromatic carbocycles. The largest absolute Gasteiger partial charge is 0.493 e. The second kappa shape index (κ2) is 8.11. The number of pyridine rings is 1. The standard InChI is InChI=1S/C28H28ClNO3/c1-16(2)13-14-28(4)20-15-32-21-8-6-5-7-19(21)23(20)24-25(33-28)22(26(29)30-27(24)31)18-11-9-17(3)10-12-18/h5-13,20,23H,14-15H2,1-4H3,(H,30,31)/t20-,23+,28+/m1/s1. The molecule has 3 atom stereocenters. The highest BCUT2D eigenvalue weighted by Crippen LogP contribution is 2.55. The summed E-state index contributed by atoms with van der Waals surface area (Å²) < 4.78 is 13.0. The molecule has 0 fully saturated rings. The Morgan fingerprint density at radius 1 is 1.18 bits per heavy atom. The number of benzene rings is 2. The lowest BCUT2D eigenvalue weighted by atomic mass is 9.68. The quantitative estimate of drug-likeness (QED) is 0.351. The number of fused-ring (bicyclic) bond motifs is 5. The van der Waals surface area contributed by atoms with Gasteiger partial charge in [0.1, 0.15) is 22.3 Å². The molecule has 0 unspecified atom stereocenters. The van der Waals surface area contributed by atoms with Crippen molar-refractivity contribution in [1.82, 2.24) is 4.98 Å². The molecule has 2 aliphatic rings. The van der Waals surface area contributed by atoms with Crippen molar-refractivity contribution in [1.29, 1.82) is 0 Å². The number of ether oxygens (including phenoxy) is 2. The van der Waals surface area contributed by atoms with Crippen LogP contribution in [0.4, 0.5) is 0 Å². The molecule has 0 radical (unpaired) electrons. The van der Waals surface area contributed by atoms with E-state index < -0.39 is 5.60 Å². The van der Waals surface area contributed by atoms with E-state index in [0.717, 1.165) is 28.0 Å². The first kappa shape index (κ1) is 21.8. The zero-order valence-electron chi connectivity index (χ0n) is 19.4. The molecule has 1 aromatic heterocycles. The van der Waals surface area contributed by atoms with E-state index in [1.165, 1.54) is 5.57 Å². The fraction of sp³-hybridized carbons (Fsp3) is 0.321. The first-order valence-corrected chi connectivity index (χ1v) is 11.7. The second-order valence-electron chi connectivity index (χ2n) is 9.59. The van der Waals surface area contributed by atoms with Crippen molar-refractivity contribution >= 4 is 11.6 Å². The summed E-state index contributed by atoms with van der Waals surface area (Å²) >= 11 is 6.66. The first-order valence-electron chi connectivity index (χ1n) is 11.4. The van der Waals surface area contributed by atoms with Crippen molar-refractivity contribution < 1.29 is 9.47 Å². The van der Waals surface area contributed by atoms with Gasteiger partial charge in [-0.2, -0.15) is 0 Å². The molecule has 5 rings (SSSR count). The highest BCUT2D eigenvalue weighted by molar-refractivity contribution is 6.32. The molecule has 3 heterocycles. The number of aromatic amines is 1. The lowest BCUT2D eigenvalue weighted by Crippen LogP contribution is -2.52. The van der Waals surface area contributed by atoms with Crippen LogP contribution in [0.1, 0.15) is 49.8 Å². The van der Waals surface area contributed by atoms with Crippen LogP contribution in [0.15, 0.2) is 65.0 Å². The third-order valence-corrected chi connectivity index (χ3v) is 7.20. The SMILES string of the molecule is CC(C)=CC[C@]1(C)Oc2c(-c3ccc(C)cc3)c(Cl)[nH]c(=O)c2[C@H]2c3ccccc3OC[C@H]21. The molecule has 0 saturated heterocycles. The summed E-state index contributed by atoms with van der Waals surface area (Å²) in [7, 11) is 0. The lowest BCUT2D eigenvalue weighted by molar-refractivity contribution is -0.0259. The van der Waals surface area contributed by atoms with Crippen LogP contribution in [0.3, 0.4) is 0 Å². The molecule has 33 heavy (non-hydrogen) atoms. The predicted octanol–water partition coefficient (Wildman–Crippen LogP) is 6.65. The number of hydrogen-bond acceptors (Lipinski definition) is 3. The number of rotatable bonds is 3. The van der Waals surface area contributed by atoms with Crippen LogP contribution in [0, 0.1) is 12.8 Å². The molecule has 170 valence electrons. The molecule has 5 heteroatoms. The zero-order chi connectivity index (χ0) is 23.3. The normalized spacial score (nSPS) is 22.8. The van der Waals surface area contributed by atoms with Crippen LogP contribution in [0.5, 0.6) is 11.5 Å². The number of aromatic nitrogens is 1. The number of nitrogens with one attached hydrogen (secondary N) is 1. The van der Waals surface area contributed by atoms with Crippen LogP contribution in [-0.2, 0) is 0 Å². The molecule has 4 nitrogen and oxygen atoms in total. The Kier molecular flexibility index (Phi) is 5.37. The number of hydrogen-bond donors (Lipinski definition) is 1. The third kappa shape index (κ3) is 3.67. The molecular formula is C28H28ClNO3. The molecule has 0 saturated carbocycles. The summed E-state index contributed by atoms with van der Waals surface area (Å²) in [5.74, 6) is 1.22. The summed E-state index contributed by atoms with van der Waals surface area (Å²) in [4.78, 5) is 16.3. The van der Waals surface area contributed by atoms with Crippen LogP contribution in [0.25, 0.3) is 11.1 Å². The number of allylic oxidation sites excluding steroid dienone is 1. The van der Waals surface area contributed by atoms with Gasteiger partial charge in [0.05, 0.1) is 17.7 Å². The Morgan fingerprint density at radius 2 is 1.91 bits per heavy atom. The monoisotopic (exact) mass is 461 g/mol. The highest BCUT2D eigenvalue weighted by Gasteiger charge is 2.51. The molecule has 0 amide bonds. The van der Waals surface area contributed by atoms with E-state index in [-0.39, 0.29) is 17.4 Å². The Bertz CT molecular complexity index is 1300. The van der Waals surface area contributed by atoms with Gasteiger partial charge in [0.25, 0.3) is 5.56 Å². The van der Waals surface area contributed by atoms with E-state index in [2.05, 4.69) is 37.9 Å². The summed E-state index contributed by atoms with van der Waals surface area (Å²) in [6.07, 6.45) is 2.90. The van der Waals surface area contributed by atoms with Crippen molar-refractivity contribution in [3.05, 3.63) is 92.4 Å². The fourth-order valence-corrected chi connectivity index (χ4v) is 5.37. The number of H-pyrrole nitrogens is 1. The van der Waals surface area contributed by atoms with Gasteiger partial charge in [-0.3, -0.25) is 4.79 Å².